The third-order valence-corrected chi connectivity index (χ3v) is 36.2. The Morgan fingerprint density at radius 1 is 0.321 bits per heavy atom. The number of carbonyl (C=O) groups is 1. The Hall–Kier alpha value is -4.82. The van der Waals surface area contributed by atoms with Crippen molar-refractivity contribution in [2.24, 2.45) is 5.92 Å². The number of piperazine rings is 2. The van der Waals surface area contributed by atoms with Crippen LogP contribution < -0.4 is 33.6 Å². The Labute approximate surface area is 906 Å². The van der Waals surface area contributed by atoms with Gasteiger partial charge in [-0.05, 0) is 313 Å². The molecule has 0 atom stereocenters. The number of likely N-dealkylation sites (N-methyl/N-ethyl adjacent to an activating group) is 3. The lowest BCUT2D eigenvalue weighted by Crippen LogP contribution is -2.47. The van der Waals surface area contributed by atoms with Gasteiger partial charge in [0.1, 0.15) is 0 Å². The number of nitrogens with one attached hydrogen (secondary N) is 4. The van der Waals surface area contributed by atoms with E-state index in [-0.39, 0.29) is 22.9 Å². The Morgan fingerprint density at radius 2 is 0.643 bits per heavy atom. The highest BCUT2D eigenvalue weighted by atomic mass is 79.9. The highest BCUT2D eigenvalue weighted by Gasteiger charge is 2.30. The van der Waals surface area contributed by atoms with Gasteiger partial charge in [0.25, 0.3) is 5.91 Å². The molecule has 3 saturated carbocycles. The molecule has 3 aliphatic carbocycles. The second-order valence-electron chi connectivity index (χ2n) is 36.2. The van der Waals surface area contributed by atoms with Crippen LogP contribution in [0.5, 0.6) is 0 Å². The number of nitrogens with zero attached hydrogens (tertiary/aromatic N) is 14. The molecule has 5 aliphatic heterocycles. The molecule has 8 fully saturated rings. The van der Waals surface area contributed by atoms with E-state index in [0.29, 0.717) is 45.1 Å². The monoisotopic (exact) mass is 2590 g/mol. The number of piperidine rings is 1. The second kappa shape index (κ2) is 60.0. The molecular weight excluding hydrogens is 2470 g/mol. The third-order valence-electron chi connectivity index (χ3n) is 23.7. The fraction of sp³-hybridized carbons (Fsp3) is 0.495. The molecule has 0 bridgehead atoms. The number of halogens is 9. The summed E-state index contributed by atoms with van der Waals surface area (Å²) in [4.78, 5) is 55.0. The van der Waals surface area contributed by atoms with E-state index < -0.39 is 55.7 Å². The Morgan fingerprint density at radius 3 is 1.04 bits per heavy atom. The molecule has 9 aromatic rings. The average molecular weight is 2600 g/mol. The van der Waals surface area contributed by atoms with E-state index in [1.807, 2.05) is 56.0 Å². The molecule has 140 heavy (non-hydrogen) atoms. The minimum Gasteiger partial charge on any atom is -0.341 e. The van der Waals surface area contributed by atoms with Crippen molar-refractivity contribution in [3.63, 3.8) is 0 Å². The molecule has 3 aromatic heterocycles. The quantitative estimate of drug-likeness (QED) is 0.0620. The first-order valence-corrected chi connectivity index (χ1v) is 61.7. The standard InChI is InChI=1S/C13H18BrNO2S.C12H15BrN2O.2C12H16BrNO2S.C10H15BrN4.C10H12BrNO2S.C10H14BrNO2S.C9H13BrN4.C9H12BrN3/c14-12-6-8-13(9-7-12)18(16,17)15-10-11-4-2-1-3-5-11;1-14-6-8-15(9-7-14)12(16)10-2-4-11(13)5-3-10;13-10-5-4-8-12(9-10)17(15,16)14-11-6-2-1-3-7-11;13-10-6-8-12(9-7-10)17(15,16)14-11-4-2-1-3-5-11;1-14-3-2-4-15(6-5-14)10-12-7-9(11)8-13-10;11-9-3-5-10(6-4-9)15(13,14)12-7-1-2-8-12;1-10(2,3)12-15(13,14)9-6-4-5-8(11)7-9;1-13-2-4-14(5-3-13)9-11-6-8(10)7-12-9;10-8-6-11-9(12-7-8)13-4-2-1-3-5-13/h6-9,11,15H,1-5,10H2;2-5H,6-9H2,1H3;4-5,8-9,11,14H,1-3,6-7H2;6-9,11,14H,1-5H2;7-8H,2-6H2,1H3;3-6H,1-2,7-8H2;4-7,12H,1-3H3;6-7H,2-5H2,1H3;6-7H,1-5H2. The van der Waals surface area contributed by atoms with Crippen molar-refractivity contribution in [1.29, 1.82) is 0 Å². The molecule has 768 valence electrons. The maximum atomic E-state index is 12.1. The molecule has 5 saturated heterocycles. The summed E-state index contributed by atoms with van der Waals surface area (Å²) in [5.41, 5.74) is 0.300. The average Bonchev–Trinajstić information content (AvgIpc) is 1.55. The fourth-order valence-electron chi connectivity index (χ4n) is 15.9. The molecule has 0 spiro atoms. The molecule has 8 aliphatic rings. The highest BCUT2D eigenvalue weighted by molar-refractivity contribution is 9.12. The van der Waals surface area contributed by atoms with Gasteiger partial charge >= 0.3 is 0 Å². The normalized spacial score (nSPS) is 17.5. The van der Waals surface area contributed by atoms with Crippen LogP contribution in [0.4, 0.5) is 17.8 Å². The highest BCUT2D eigenvalue weighted by Crippen LogP contribution is 2.30. The fourth-order valence-corrected chi connectivity index (χ4v) is 25.4. The molecule has 0 radical (unpaired) electrons. The number of anilines is 3. The van der Waals surface area contributed by atoms with Crippen LogP contribution in [0.1, 0.15) is 166 Å². The summed E-state index contributed by atoms with van der Waals surface area (Å²) >= 11 is 29.8. The van der Waals surface area contributed by atoms with Gasteiger partial charge in [-0.2, -0.15) is 4.31 Å². The van der Waals surface area contributed by atoms with Crippen molar-refractivity contribution in [2.45, 2.75) is 198 Å². The first-order valence-electron chi connectivity index (χ1n) is 47.2. The number of rotatable bonds is 18. The van der Waals surface area contributed by atoms with Crippen molar-refractivity contribution in [3.8, 4) is 0 Å². The van der Waals surface area contributed by atoms with Gasteiger partial charge in [0.15, 0.2) is 0 Å². The van der Waals surface area contributed by atoms with Crippen molar-refractivity contribution in [2.75, 3.05) is 147 Å². The number of sulfonamides is 5. The number of aromatic nitrogens is 6. The topological polar surface area (TPSA) is 339 Å². The molecule has 8 heterocycles. The van der Waals surface area contributed by atoms with Crippen LogP contribution in [0.2, 0.25) is 0 Å². The van der Waals surface area contributed by atoms with Gasteiger partial charge in [0, 0.05) is 192 Å². The molecule has 29 nitrogen and oxygen atoms in total. The predicted molar refractivity (Wildman–Crippen MR) is 592 cm³/mol. The SMILES string of the molecule is Brc1cnc(N2CCCCC2)nc1.CC(C)(C)NS(=O)(=O)c1cccc(Br)c1.CN1CCCN(c2ncc(Br)cn2)CC1.CN1CCN(C(=O)c2ccc(Br)cc2)CC1.CN1CCN(c2ncc(Br)cn2)CC1.O=S(=O)(NC1CCCCC1)c1ccc(Br)cc1.O=S(=O)(NC1CCCCC1)c1cccc(Br)c1.O=S(=O)(NCC1CCCCC1)c1ccc(Br)cc1.O=S(=O)(c1ccc(Br)cc1)N1CCCC1. The summed E-state index contributed by atoms with van der Waals surface area (Å²) in [6.45, 7) is 21.6. The molecule has 1 amide bonds. The van der Waals surface area contributed by atoms with Crippen molar-refractivity contribution < 1.29 is 46.9 Å². The van der Waals surface area contributed by atoms with E-state index in [0.717, 1.165) is 232 Å². The second-order valence-corrected chi connectivity index (χ2v) is 53.3. The first kappa shape index (κ1) is 119. The lowest BCUT2D eigenvalue weighted by molar-refractivity contribution is 0.0664. The molecule has 0 unspecified atom stereocenters. The number of hydrogen-bond donors (Lipinski definition) is 4. The van der Waals surface area contributed by atoms with Crippen LogP contribution in [0.25, 0.3) is 0 Å². The smallest absolute Gasteiger partial charge is 0.253 e. The van der Waals surface area contributed by atoms with E-state index in [1.165, 1.54) is 57.8 Å². The van der Waals surface area contributed by atoms with Crippen molar-refractivity contribution >= 4 is 217 Å². The van der Waals surface area contributed by atoms with E-state index >= 15 is 0 Å². The summed E-state index contributed by atoms with van der Waals surface area (Å²) < 4.78 is 141. The van der Waals surface area contributed by atoms with Gasteiger partial charge in [-0.25, -0.2) is 90.9 Å². The minimum atomic E-state index is -3.42. The van der Waals surface area contributed by atoms with Crippen molar-refractivity contribution in [1.82, 2.24) is 72.7 Å². The third kappa shape index (κ3) is 42.8. The Bertz CT molecular complexity index is 5820. The van der Waals surface area contributed by atoms with Gasteiger partial charge in [0.2, 0.25) is 68.0 Å². The molecule has 17 rings (SSSR count). The van der Waals surface area contributed by atoms with Gasteiger partial charge in [-0.3, -0.25) is 4.79 Å². The van der Waals surface area contributed by atoms with Gasteiger partial charge in [-0.15, -0.1) is 0 Å². The van der Waals surface area contributed by atoms with Crippen LogP contribution in [0.15, 0.2) is 248 Å². The summed E-state index contributed by atoms with van der Waals surface area (Å²) in [6.07, 6.45) is 34.5. The largest absolute Gasteiger partial charge is 0.341 e. The van der Waals surface area contributed by atoms with Crippen LogP contribution >= 0.6 is 143 Å². The van der Waals surface area contributed by atoms with Gasteiger partial charge < -0.3 is 34.3 Å². The van der Waals surface area contributed by atoms with E-state index in [4.69, 9.17) is 0 Å². The van der Waals surface area contributed by atoms with Crippen LogP contribution in [-0.2, 0) is 50.1 Å². The molecule has 6 aromatic carbocycles. The number of hydrogen-bond acceptors (Lipinski definition) is 23. The number of benzene rings is 6. The van der Waals surface area contributed by atoms with Crippen LogP contribution in [0, 0.1) is 5.92 Å². The van der Waals surface area contributed by atoms with Crippen LogP contribution in [-0.4, -0.2) is 252 Å². The van der Waals surface area contributed by atoms with Crippen molar-refractivity contribution in [3.05, 3.63) is 229 Å². The van der Waals surface area contributed by atoms with E-state index in [1.54, 1.807) is 157 Å². The minimum absolute atomic E-state index is 0.104. The van der Waals surface area contributed by atoms with E-state index in [2.05, 4.69) is 243 Å². The number of amides is 1. The van der Waals surface area contributed by atoms with Gasteiger partial charge in [-0.1, -0.05) is 165 Å². The zero-order valence-electron chi connectivity index (χ0n) is 80.1. The zero-order valence-corrected chi connectivity index (χ0v) is 98.5. The molecular formula is C97H131Br9N18O11S5. The Kier molecular flexibility index (Phi) is 50.9. The lowest BCUT2D eigenvalue weighted by atomic mass is 9.90. The van der Waals surface area contributed by atoms with Crippen LogP contribution in [0.3, 0.4) is 0 Å². The summed E-state index contributed by atoms with van der Waals surface area (Å²) in [7, 11) is -10.3. The maximum Gasteiger partial charge on any atom is 0.253 e. The summed E-state index contributed by atoms with van der Waals surface area (Å²) in [6, 6.07) is 41.4. The number of carbonyl (C=O) groups excluding carboxylic acids is 1. The first-order chi connectivity index (χ1) is 66.6. The predicted octanol–water partition coefficient (Wildman–Crippen LogP) is 20.6. The molecule has 4 N–H and O–H groups in total. The Balaban J connectivity index is 0.000000176. The van der Waals surface area contributed by atoms with E-state index in [9.17, 15) is 46.9 Å². The zero-order chi connectivity index (χ0) is 101. The molecule has 43 heteroatoms. The summed E-state index contributed by atoms with van der Waals surface area (Å²) in [5, 5.41) is 0. The maximum absolute atomic E-state index is 12.1. The summed E-state index contributed by atoms with van der Waals surface area (Å²) in [5.74, 6) is 3.18. The van der Waals surface area contributed by atoms with Gasteiger partial charge in [0.05, 0.1) is 37.9 Å². The lowest BCUT2D eigenvalue weighted by Gasteiger charge is -2.32.